The fourth-order valence-electron chi connectivity index (χ4n) is 2.16. The highest BCUT2D eigenvalue weighted by molar-refractivity contribution is 5.74. The molecule has 0 aliphatic carbocycles. The molecule has 2 N–H and O–H groups in total. The van der Waals surface area contributed by atoms with E-state index in [-0.39, 0.29) is 0 Å². The quantitative estimate of drug-likeness (QED) is 0.507. The molecular weight excluding hydrogens is 206 g/mol. The molecule has 1 saturated heterocycles. The predicted octanol–water partition coefficient (Wildman–Crippen LogP) is 1.25. The van der Waals surface area contributed by atoms with E-state index in [1.54, 1.807) is 0 Å². The number of aliphatic carboxylic acids is 1. The van der Waals surface area contributed by atoms with E-state index in [9.17, 15) is 9.90 Å². The van der Waals surface area contributed by atoms with Crippen LogP contribution < -0.4 is 0 Å². The molecule has 1 aliphatic rings. The van der Waals surface area contributed by atoms with Crippen molar-refractivity contribution < 1.29 is 15.0 Å². The minimum atomic E-state index is -0.817. The molecule has 0 radical (unpaired) electrons. The topological polar surface area (TPSA) is 60.8 Å². The van der Waals surface area contributed by atoms with Crippen molar-refractivity contribution in [2.45, 2.75) is 44.2 Å². The zero-order valence-corrected chi connectivity index (χ0v) is 9.64. The number of carbonyl (C=O) groups is 1. The standard InChI is InChI=1S/C12H21NO3/c1-2-3-4-5-6-7-13-9-10(14)8-11(13)12(15)16/h2,10-11,14H,1,3-9H2,(H,15,16). The number of unbranched alkanes of at least 4 members (excludes halogenated alkanes) is 3. The Morgan fingerprint density at radius 2 is 2.19 bits per heavy atom. The highest BCUT2D eigenvalue weighted by atomic mass is 16.4. The summed E-state index contributed by atoms with van der Waals surface area (Å²) in [6, 6.07) is -0.491. The SMILES string of the molecule is C=CCCCCCN1CC(O)CC1C(=O)O. The van der Waals surface area contributed by atoms with E-state index in [0.717, 1.165) is 32.2 Å². The molecule has 1 heterocycles. The van der Waals surface area contributed by atoms with Crippen LogP contribution in [0, 0.1) is 0 Å². The minimum absolute atomic E-state index is 0.363. The molecule has 1 aliphatic heterocycles. The van der Waals surface area contributed by atoms with Gasteiger partial charge in [0.15, 0.2) is 0 Å². The molecule has 4 nitrogen and oxygen atoms in total. The summed E-state index contributed by atoms with van der Waals surface area (Å²) in [4.78, 5) is 12.8. The van der Waals surface area contributed by atoms with Crippen LogP contribution in [0.5, 0.6) is 0 Å². The molecule has 2 unspecified atom stereocenters. The van der Waals surface area contributed by atoms with Crippen LogP contribution in [0.15, 0.2) is 12.7 Å². The van der Waals surface area contributed by atoms with Crippen molar-refractivity contribution in [3.63, 3.8) is 0 Å². The van der Waals surface area contributed by atoms with E-state index >= 15 is 0 Å². The van der Waals surface area contributed by atoms with Gasteiger partial charge >= 0.3 is 5.97 Å². The lowest BCUT2D eigenvalue weighted by molar-refractivity contribution is -0.142. The summed E-state index contributed by atoms with van der Waals surface area (Å²) in [5.41, 5.74) is 0. The number of aliphatic hydroxyl groups excluding tert-OH is 1. The zero-order chi connectivity index (χ0) is 12.0. The van der Waals surface area contributed by atoms with Crippen molar-refractivity contribution in [2.24, 2.45) is 0 Å². The second-order valence-corrected chi connectivity index (χ2v) is 4.38. The molecular formula is C12H21NO3. The van der Waals surface area contributed by atoms with Gasteiger partial charge < -0.3 is 10.2 Å². The zero-order valence-electron chi connectivity index (χ0n) is 9.64. The summed E-state index contributed by atoms with van der Waals surface area (Å²) in [5, 5.41) is 18.4. The average Bonchev–Trinajstić information content (AvgIpc) is 2.59. The lowest BCUT2D eigenvalue weighted by atomic mass is 10.1. The third-order valence-electron chi connectivity index (χ3n) is 3.02. The molecule has 0 bridgehead atoms. The maximum atomic E-state index is 10.9. The first-order valence-corrected chi connectivity index (χ1v) is 5.91. The van der Waals surface area contributed by atoms with E-state index < -0.39 is 18.1 Å². The smallest absolute Gasteiger partial charge is 0.321 e. The van der Waals surface area contributed by atoms with Gasteiger partial charge in [0.05, 0.1) is 6.10 Å². The third kappa shape index (κ3) is 3.94. The van der Waals surface area contributed by atoms with Crippen molar-refractivity contribution >= 4 is 5.97 Å². The number of nitrogens with zero attached hydrogens (tertiary/aromatic N) is 1. The van der Waals surface area contributed by atoms with Crippen LogP contribution in [0.3, 0.4) is 0 Å². The molecule has 0 amide bonds. The Morgan fingerprint density at radius 3 is 2.81 bits per heavy atom. The van der Waals surface area contributed by atoms with Crippen molar-refractivity contribution in [1.82, 2.24) is 4.90 Å². The molecule has 4 heteroatoms. The molecule has 1 fully saturated rings. The Kier molecular flexibility index (Phi) is 5.49. The summed E-state index contributed by atoms with van der Waals surface area (Å²) in [5.74, 6) is -0.817. The Bertz CT molecular complexity index is 242. The minimum Gasteiger partial charge on any atom is -0.480 e. The fraction of sp³-hybridized carbons (Fsp3) is 0.750. The van der Waals surface area contributed by atoms with Gasteiger partial charge in [-0.15, -0.1) is 6.58 Å². The van der Waals surface area contributed by atoms with Crippen molar-refractivity contribution in [2.75, 3.05) is 13.1 Å². The molecule has 0 aromatic rings. The van der Waals surface area contributed by atoms with Crippen LogP contribution in [0.2, 0.25) is 0 Å². The summed E-state index contributed by atoms with van der Waals surface area (Å²) < 4.78 is 0. The van der Waals surface area contributed by atoms with Crippen LogP contribution in [-0.4, -0.2) is 46.3 Å². The maximum Gasteiger partial charge on any atom is 0.321 e. The third-order valence-corrected chi connectivity index (χ3v) is 3.02. The Morgan fingerprint density at radius 1 is 1.44 bits per heavy atom. The lowest BCUT2D eigenvalue weighted by Crippen LogP contribution is -2.36. The second kappa shape index (κ2) is 6.66. The van der Waals surface area contributed by atoms with Crippen molar-refractivity contribution in [1.29, 1.82) is 0 Å². The number of likely N-dealkylation sites (tertiary alicyclic amines) is 1. The Hall–Kier alpha value is -0.870. The Labute approximate surface area is 96.6 Å². The number of aliphatic hydroxyl groups is 1. The van der Waals surface area contributed by atoms with Gasteiger partial charge in [0.1, 0.15) is 6.04 Å². The molecule has 1 rings (SSSR count). The number of hydrogen-bond acceptors (Lipinski definition) is 3. The van der Waals surface area contributed by atoms with Crippen molar-refractivity contribution in [3.8, 4) is 0 Å². The van der Waals surface area contributed by atoms with E-state index in [2.05, 4.69) is 6.58 Å². The number of allylic oxidation sites excluding steroid dienone is 1. The van der Waals surface area contributed by atoms with Gasteiger partial charge in [-0.25, -0.2) is 0 Å². The van der Waals surface area contributed by atoms with E-state index in [1.165, 1.54) is 0 Å². The van der Waals surface area contributed by atoms with Gasteiger partial charge in [-0.2, -0.15) is 0 Å². The summed E-state index contributed by atoms with van der Waals surface area (Å²) in [6.07, 6.45) is 5.99. The number of rotatable bonds is 7. The number of carboxylic acids is 1. The van der Waals surface area contributed by atoms with Gasteiger partial charge in [-0.3, -0.25) is 9.69 Å². The summed E-state index contributed by atoms with van der Waals surface area (Å²) in [7, 11) is 0. The number of β-amino-alcohol motifs (C(OH)–C–C–N with tert-alkyl or cyclic N) is 1. The van der Waals surface area contributed by atoms with E-state index in [1.807, 2.05) is 11.0 Å². The molecule has 16 heavy (non-hydrogen) atoms. The van der Waals surface area contributed by atoms with Gasteiger partial charge in [0.2, 0.25) is 0 Å². The van der Waals surface area contributed by atoms with E-state index in [4.69, 9.17) is 5.11 Å². The van der Waals surface area contributed by atoms with Crippen molar-refractivity contribution in [3.05, 3.63) is 12.7 Å². The van der Waals surface area contributed by atoms with Crippen LogP contribution in [0.25, 0.3) is 0 Å². The number of hydrogen-bond donors (Lipinski definition) is 2. The van der Waals surface area contributed by atoms with Crippen LogP contribution >= 0.6 is 0 Å². The fourth-order valence-corrected chi connectivity index (χ4v) is 2.16. The summed E-state index contributed by atoms with van der Waals surface area (Å²) >= 11 is 0. The molecule has 0 saturated carbocycles. The lowest BCUT2D eigenvalue weighted by Gasteiger charge is -2.20. The average molecular weight is 227 g/mol. The highest BCUT2D eigenvalue weighted by Gasteiger charge is 2.35. The van der Waals surface area contributed by atoms with Crippen LogP contribution in [0.1, 0.15) is 32.1 Å². The predicted molar refractivity (Wildman–Crippen MR) is 62.3 cm³/mol. The maximum absolute atomic E-state index is 10.9. The van der Waals surface area contributed by atoms with Crippen LogP contribution in [0.4, 0.5) is 0 Å². The molecule has 0 aromatic carbocycles. The van der Waals surface area contributed by atoms with Gasteiger partial charge in [-0.1, -0.05) is 12.5 Å². The normalized spacial score (nSPS) is 25.8. The van der Waals surface area contributed by atoms with Gasteiger partial charge in [0.25, 0.3) is 0 Å². The number of carboxylic acid groups (broad SMARTS) is 1. The largest absolute Gasteiger partial charge is 0.480 e. The summed E-state index contributed by atoms with van der Waals surface area (Å²) in [6.45, 7) is 4.93. The second-order valence-electron chi connectivity index (χ2n) is 4.38. The Balaban J connectivity index is 2.24. The molecule has 0 aromatic heterocycles. The first-order chi connectivity index (χ1) is 7.65. The van der Waals surface area contributed by atoms with Gasteiger partial charge in [0, 0.05) is 13.0 Å². The van der Waals surface area contributed by atoms with Gasteiger partial charge in [-0.05, 0) is 25.8 Å². The molecule has 2 atom stereocenters. The molecule has 92 valence electrons. The monoisotopic (exact) mass is 227 g/mol. The van der Waals surface area contributed by atoms with E-state index in [0.29, 0.717) is 13.0 Å². The van der Waals surface area contributed by atoms with Crippen LogP contribution in [-0.2, 0) is 4.79 Å². The first kappa shape index (κ1) is 13.2. The highest BCUT2D eigenvalue weighted by Crippen LogP contribution is 2.18. The first-order valence-electron chi connectivity index (χ1n) is 5.91. The molecule has 0 spiro atoms.